The Kier molecular flexibility index (Phi) is 8.05. The minimum Gasteiger partial charge on any atom is -0.455 e. The summed E-state index contributed by atoms with van der Waals surface area (Å²) in [6.45, 7) is 2.82. The van der Waals surface area contributed by atoms with Crippen LogP contribution in [0, 0.1) is 5.92 Å². The van der Waals surface area contributed by atoms with E-state index in [2.05, 4.69) is 29.5 Å². The lowest BCUT2D eigenvalue weighted by molar-refractivity contribution is -0.144. The molecule has 0 spiro atoms. The van der Waals surface area contributed by atoms with E-state index in [1.165, 1.54) is 0 Å². The molecule has 0 radical (unpaired) electrons. The van der Waals surface area contributed by atoms with Gasteiger partial charge in [0.15, 0.2) is 0 Å². The molecule has 0 fully saturated rings. The second-order valence-electron chi connectivity index (χ2n) is 4.72. The lowest BCUT2D eigenvalue weighted by Gasteiger charge is -2.22. The number of rotatable bonds is 8. The van der Waals surface area contributed by atoms with Crippen molar-refractivity contribution >= 4 is 28.6 Å². The Morgan fingerprint density at radius 3 is 2.58 bits per heavy atom. The summed E-state index contributed by atoms with van der Waals surface area (Å²) in [6.07, 6.45) is 3.05. The zero-order chi connectivity index (χ0) is 14.1. The van der Waals surface area contributed by atoms with Crippen LogP contribution in [-0.2, 0) is 9.53 Å². The molecular formula is C15H22INO2. The van der Waals surface area contributed by atoms with Crippen LogP contribution in [0.1, 0.15) is 37.7 Å². The molecule has 0 heterocycles. The fourth-order valence-corrected chi connectivity index (χ4v) is 2.59. The molecule has 0 aliphatic rings. The standard InChI is InChI=1S/C15H22INO2/c1-12(7-5-6-10-17)14(15(18)19-11-16)13-8-3-2-4-9-13/h2-4,8-9,12,14H,5-7,10-11,17H2,1H3/t12-,14+/m0/s1. The van der Waals surface area contributed by atoms with Gasteiger partial charge in [-0.15, -0.1) is 0 Å². The summed E-state index contributed by atoms with van der Waals surface area (Å²) >= 11 is 2.05. The lowest BCUT2D eigenvalue weighted by Crippen LogP contribution is -2.22. The molecule has 0 aromatic heterocycles. The highest BCUT2D eigenvalue weighted by molar-refractivity contribution is 14.1. The third-order valence-electron chi connectivity index (χ3n) is 3.29. The van der Waals surface area contributed by atoms with E-state index in [9.17, 15) is 4.79 Å². The Morgan fingerprint density at radius 2 is 2.00 bits per heavy atom. The third kappa shape index (κ3) is 5.48. The maximum Gasteiger partial charge on any atom is 0.314 e. The molecule has 1 rings (SSSR count). The normalized spacial score (nSPS) is 13.8. The van der Waals surface area contributed by atoms with E-state index >= 15 is 0 Å². The van der Waals surface area contributed by atoms with Crippen molar-refractivity contribution in [3.63, 3.8) is 0 Å². The fourth-order valence-electron chi connectivity index (χ4n) is 2.28. The van der Waals surface area contributed by atoms with E-state index in [0.717, 1.165) is 24.8 Å². The summed E-state index contributed by atoms with van der Waals surface area (Å²) in [7, 11) is 0. The molecule has 2 atom stereocenters. The Bertz CT molecular complexity index is 370. The third-order valence-corrected chi connectivity index (χ3v) is 3.60. The summed E-state index contributed by atoms with van der Waals surface area (Å²) in [6, 6.07) is 9.89. The van der Waals surface area contributed by atoms with Crippen LogP contribution >= 0.6 is 22.6 Å². The van der Waals surface area contributed by atoms with Gasteiger partial charge < -0.3 is 10.5 Å². The highest BCUT2D eigenvalue weighted by Gasteiger charge is 2.27. The molecule has 2 N–H and O–H groups in total. The predicted octanol–water partition coefficient (Wildman–Crippen LogP) is 3.47. The largest absolute Gasteiger partial charge is 0.455 e. The number of hydrogen-bond acceptors (Lipinski definition) is 3. The highest BCUT2D eigenvalue weighted by atomic mass is 127. The summed E-state index contributed by atoms with van der Waals surface area (Å²) < 4.78 is 5.61. The first-order valence-corrected chi connectivity index (χ1v) is 8.20. The Labute approximate surface area is 129 Å². The molecular weight excluding hydrogens is 353 g/mol. The second-order valence-corrected chi connectivity index (χ2v) is 5.35. The molecule has 106 valence electrons. The van der Waals surface area contributed by atoms with Gasteiger partial charge in [0.1, 0.15) is 4.61 Å². The first-order valence-electron chi connectivity index (χ1n) is 6.68. The second kappa shape index (κ2) is 9.31. The quantitative estimate of drug-likeness (QED) is 0.328. The van der Waals surface area contributed by atoms with Gasteiger partial charge in [-0.3, -0.25) is 4.79 Å². The molecule has 0 unspecified atom stereocenters. The SMILES string of the molecule is C[C@@H](CCCCN)[C@@H](C(=O)OCI)c1ccccc1. The zero-order valence-corrected chi connectivity index (χ0v) is 13.5. The van der Waals surface area contributed by atoms with Gasteiger partial charge in [0, 0.05) is 0 Å². The van der Waals surface area contributed by atoms with Crippen molar-refractivity contribution in [1.29, 1.82) is 0 Å². The van der Waals surface area contributed by atoms with Crippen molar-refractivity contribution in [2.24, 2.45) is 11.7 Å². The molecule has 0 amide bonds. The predicted molar refractivity (Wildman–Crippen MR) is 86.2 cm³/mol. The van der Waals surface area contributed by atoms with Crippen molar-refractivity contribution in [2.75, 3.05) is 11.2 Å². The van der Waals surface area contributed by atoms with Crippen molar-refractivity contribution in [1.82, 2.24) is 0 Å². The summed E-state index contributed by atoms with van der Waals surface area (Å²) in [4.78, 5) is 12.2. The number of unbranched alkanes of at least 4 members (excludes halogenated alkanes) is 1. The fraction of sp³-hybridized carbons (Fsp3) is 0.533. The summed E-state index contributed by atoms with van der Waals surface area (Å²) in [5, 5.41) is 0. The van der Waals surface area contributed by atoms with E-state index in [1.807, 2.05) is 30.3 Å². The van der Waals surface area contributed by atoms with Crippen molar-refractivity contribution < 1.29 is 9.53 Å². The van der Waals surface area contributed by atoms with Gasteiger partial charge in [0.2, 0.25) is 0 Å². The highest BCUT2D eigenvalue weighted by Crippen LogP contribution is 2.29. The molecule has 1 aromatic rings. The smallest absolute Gasteiger partial charge is 0.314 e. The molecule has 0 aliphatic heterocycles. The van der Waals surface area contributed by atoms with E-state index in [-0.39, 0.29) is 17.8 Å². The van der Waals surface area contributed by atoms with Crippen molar-refractivity contribution in [2.45, 2.75) is 32.1 Å². The van der Waals surface area contributed by atoms with Gasteiger partial charge in [-0.05, 0) is 53.5 Å². The van der Waals surface area contributed by atoms with Crippen LogP contribution in [0.4, 0.5) is 0 Å². The molecule has 3 nitrogen and oxygen atoms in total. The number of alkyl halides is 1. The van der Waals surface area contributed by atoms with E-state index in [1.54, 1.807) is 0 Å². The van der Waals surface area contributed by atoms with Gasteiger partial charge >= 0.3 is 5.97 Å². The van der Waals surface area contributed by atoms with Gasteiger partial charge in [-0.1, -0.05) is 43.7 Å². The Hall–Kier alpha value is -0.620. The topological polar surface area (TPSA) is 52.3 Å². The molecule has 0 aliphatic carbocycles. The monoisotopic (exact) mass is 375 g/mol. The Morgan fingerprint density at radius 1 is 1.32 bits per heavy atom. The van der Waals surface area contributed by atoms with Crippen LogP contribution < -0.4 is 5.73 Å². The molecule has 0 bridgehead atoms. The average Bonchev–Trinajstić information content (AvgIpc) is 2.41. The van der Waals surface area contributed by atoms with Crippen molar-refractivity contribution in [3.05, 3.63) is 35.9 Å². The van der Waals surface area contributed by atoms with Gasteiger partial charge in [0.05, 0.1) is 5.92 Å². The number of esters is 1. The Balaban J connectivity index is 2.77. The number of benzene rings is 1. The van der Waals surface area contributed by atoms with Crippen molar-refractivity contribution in [3.8, 4) is 0 Å². The number of ether oxygens (including phenoxy) is 1. The molecule has 19 heavy (non-hydrogen) atoms. The van der Waals surface area contributed by atoms with E-state index in [4.69, 9.17) is 10.5 Å². The van der Waals surface area contributed by atoms with Crippen LogP contribution in [0.3, 0.4) is 0 Å². The van der Waals surface area contributed by atoms with Crippen LogP contribution in [-0.4, -0.2) is 17.1 Å². The number of carbonyl (C=O) groups is 1. The zero-order valence-electron chi connectivity index (χ0n) is 11.3. The van der Waals surface area contributed by atoms with E-state index in [0.29, 0.717) is 11.2 Å². The number of nitrogens with two attached hydrogens (primary N) is 1. The number of hydrogen-bond donors (Lipinski definition) is 1. The lowest BCUT2D eigenvalue weighted by atomic mass is 9.84. The van der Waals surface area contributed by atoms with Crippen LogP contribution in [0.25, 0.3) is 0 Å². The number of halogens is 1. The molecule has 4 heteroatoms. The molecule has 1 aromatic carbocycles. The average molecular weight is 375 g/mol. The minimum absolute atomic E-state index is 0.124. The van der Waals surface area contributed by atoms with Crippen LogP contribution in [0.2, 0.25) is 0 Å². The van der Waals surface area contributed by atoms with Gasteiger partial charge in [0.25, 0.3) is 0 Å². The first-order chi connectivity index (χ1) is 9.20. The minimum atomic E-state index is -0.172. The summed E-state index contributed by atoms with van der Waals surface area (Å²) in [5.41, 5.74) is 6.56. The summed E-state index contributed by atoms with van der Waals surface area (Å²) in [5.74, 6) is -0.0287. The van der Waals surface area contributed by atoms with Gasteiger partial charge in [-0.25, -0.2) is 0 Å². The molecule has 0 saturated heterocycles. The number of carbonyl (C=O) groups excluding carboxylic acids is 1. The maximum atomic E-state index is 12.2. The first kappa shape index (κ1) is 16.4. The van der Waals surface area contributed by atoms with Gasteiger partial charge in [-0.2, -0.15) is 0 Å². The van der Waals surface area contributed by atoms with Crippen LogP contribution in [0.5, 0.6) is 0 Å². The molecule has 0 saturated carbocycles. The van der Waals surface area contributed by atoms with Crippen LogP contribution in [0.15, 0.2) is 30.3 Å². The maximum absolute atomic E-state index is 12.2. The van der Waals surface area contributed by atoms with E-state index < -0.39 is 0 Å².